The minimum atomic E-state index is -0.516. The summed E-state index contributed by atoms with van der Waals surface area (Å²) in [6.45, 7) is 7.40. The lowest BCUT2D eigenvalue weighted by Crippen LogP contribution is -2.37. The third kappa shape index (κ3) is 5.77. The van der Waals surface area contributed by atoms with Crippen LogP contribution in [0.1, 0.15) is 61.0 Å². The molecule has 1 N–H and O–H groups in total. The maximum atomic E-state index is 13.0. The minimum absolute atomic E-state index is 0.0544. The molecule has 0 bridgehead atoms. The van der Waals surface area contributed by atoms with E-state index in [9.17, 15) is 9.59 Å². The van der Waals surface area contributed by atoms with Crippen LogP contribution in [-0.2, 0) is 11.3 Å². The summed E-state index contributed by atoms with van der Waals surface area (Å²) < 4.78 is 11.6. The number of hydrogen-bond donors (Lipinski definition) is 1. The Kier molecular flexibility index (Phi) is 6.79. The van der Waals surface area contributed by atoms with Crippen molar-refractivity contribution >= 4 is 38.9 Å². The molecule has 4 rings (SSSR count). The zero-order valence-electron chi connectivity index (χ0n) is 19.2. The standard InChI is InChI=1S/C26H29BrN2O4/c1-26(2,3)33-25(31)28-15-17-5-4-6-19(13-17)18-9-11-29(12-10-18)24(30)20-7-8-23-21(14-20)22(27)16-32-23/h4-8,13-14,16,18H,9-12,15H2,1-3H3,(H,28,31). The Morgan fingerprint density at radius 2 is 1.91 bits per heavy atom. The molecule has 1 fully saturated rings. The van der Waals surface area contributed by atoms with Gasteiger partial charge in [-0.3, -0.25) is 4.79 Å². The fraction of sp³-hybridized carbons (Fsp3) is 0.385. The molecule has 0 radical (unpaired) electrons. The van der Waals surface area contributed by atoms with Gasteiger partial charge in [0.2, 0.25) is 0 Å². The van der Waals surface area contributed by atoms with Crippen LogP contribution in [0.4, 0.5) is 4.79 Å². The maximum Gasteiger partial charge on any atom is 0.407 e. The molecule has 0 spiro atoms. The molecule has 0 unspecified atom stereocenters. The number of fused-ring (bicyclic) bond motifs is 1. The SMILES string of the molecule is CC(C)(C)OC(=O)NCc1cccc(C2CCN(C(=O)c3ccc4occ(Br)c4c3)CC2)c1. The first-order chi connectivity index (χ1) is 15.7. The number of halogens is 1. The number of likely N-dealkylation sites (tertiary alicyclic amines) is 1. The van der Waals surface area contributed by atoms with Gasteiger partial charge in [0, 0.05) is 30.6 Å². The normalized spacial score (nSPS) is 15.0. The summed E-state index contributed by atoms with van der Waals surface area (Å²) in [6.07, 6.45) is 3.04. The first-order valence-electron chi connectivity index (χ1n) is 11.2. The van der Waals surface area contributed by atoms with Gasteiger partial charge in [-0.25, -0.2) is 4.79 Å². The molecule has 0 saturated carbocycles. The van der Waals surface area contributed by atoms with Crippen LogP contribution < -0.4 is 5.32 Å². The van der Waals surface area contributed by atoms with Crippen LogP contribution in [-0.4, -0.2) is 35.6 Å². The number of carbonyl (C=O) groups excluding carboxylic acids is 2. The molecule has 2 aromatic carbocycles. The van der Waals surface area contributed by atoms with E-state index in [0.29, 0.717) is 31.1 Å². The quantitative estimate of drug-likeness (QED) is 0.448. The van der Waals surface area contributed by atoms with Crippen molar-refractivity contribution in [3.05, 3.63) is 69.9 Å². The summed E-state index contributed by atoms with van der Waals surface area (Å²) in [5.41, 5.74) is 3.21. The van der Waals surface area contributed by atoms with E-state index in [4.69, 9.17) is 9.15 Å². The van der Waals surface area contributed by atoms with E-state index in [1.54, 1.807) is 6.26 Å². The van der Waals surface area contributed by atoms with Crippen molar-refractivity contribution in [3.63, 3.8) is 0 Å². The average Bonchev–Trinajstić information content (AvgIpc) is 3.16. The minimum Gasteiger partial charge on any atom is -0.463 e. The Balaban J connectivity index is 1.34. The van der Waals surface area contributed by atoms with E-state index in [1.165, 1.54) is 5.56 Å². The van der Waals surface area contributed by atoms with Gasteiger partial charge in [0.05, 0.1) is 4.47 Å². The molecule has 0 aliphatic carbocycles. The lowest BCUT2D eigenvalue weighted by Gasteiger charge is -2.32. The highest BCUT2D eigenvalue weighted by Crippen LogP contribution is 2.31. The van der Waals surface area contributed by atoms with Crippen molar-refractivity contribution in [2.45, 2.75) is 51.7 Å². The van der Waals surface area contributed by atoms with Crippen LogP contribution in [0.3, 0.4) is 0 Å². The molecule has 2 heterocycles. The van der Waals surface area contributed by atoms with Crippen LogP contribution >= 0.6 is 15.9 Å². The number of rotatable bonds is 4. The summed E-state index contributed by atoms with van der Waals surface area (Å²) >= 11 is 3.47. The van der Waals surface area contributed by atoms with Gasteiger partial charge in [-0.2, -0.15) is 0 Å². The second-order valence-corrected chi connectivity index (χ2v) is 10.3. The molecule has 2 amide bonds. The second-order valence-electron chi connectivity index (χ2n) is 9.46. The topological polar surface area (TPSA) is 71.8 Å². The van der Waals surface area contributed by atoms with Crippen molar-refractivity contribution in [1.29, 1.82) is 0 Å². The molecular formula is C26H29BrN2O4. The molecular weight excluding hydrogens is 484 g/mol. The number of amides is 2. The Labute approximate surface area is 202 Å². The van der Waals surface area contributed by atoms with Gasteiger partial charge in [0.1, 0.15) is 17.4 Å². The van der Waals surface area contributed by atoms with Gasteiger partial charge < -0.3 is 19.4 Å². The zero-order valence-corrected chi connectivity index (χ0v) is 20.8. The summed E-state index contributed by atoms with van der Waals surface area (Å²) in [5.74, 6) is 0.444. The number of benzene rings is 2. The van der Waals surface area contributed by atoms with Crippen LogP contribution in [0.15, 0.2) is 57.6 Å². The summed E-state index contributed by atoms with van der Waals surface area (Å²) in [5, 5.41) is 3.73. The Bertz CT molecular complexity index is 1160. The third-order valence-corrected chi connectivity index (χ3v) is 6.43. The predicted molar refractivity (Wildman–Crippen MR) is 131 cm³/mol. The van der Waals surface area contributed by atoms with Crippen molar-refractivity contribution in [2.75, 3.05) is 13.1 Å². The van der Waals surface area contributed by atoms with Crippen LogP contribution in [0.2, 0.25) is 0 Å². The van der Waals surface area contributed by atoms with Gasteiger partial charge in [0.25, 0.3) is 5.91 Å². The Morgan fingerprint density at radius 1 is 1.15 bits per heavy atom. The van der Waals surface area contributed by atoms with Gasteiger partial charge in [0.15, 0.2) is 0 Å². The van der Waals surface area contributed by atoms with Crippen LogP contribution in [0.5, 0.6) is 0 Å². The predicted octanol–water partition coefficient (Wildman–Crippen LogP) is 6.24. The fourth-order valence-electron chi connectivity index (χ4n) is 4.18. The Hall–Kier alpha value is -2.80. The molecule has 174 valence electrons. The monoisotopic (exact) mass is 512 g/mol. The van der Waals surface area contributed by atoms with Gasteiger partial charge >= 0.3 is 6.09 Å². The number of ether oxygens (including phenoxy) is 1. The highest BCUT2D eigenvalue weighted by atomic mass is 79.9. The molecule has 3 aromatic rings. The maximum absolute atomic E-state index is 13.0. The van der Waals surface area contributed by atoms with E-state index >= 15 is 0 Å². The van der Waals surface area contributed by atoms with Crippen molar-refractivity contribution < 1.29 is 18.7 Å². The fourth-order valence-corrected chi connectivity index (χ4v) is 4.58. The van der Waals surface area contributed by atoms with Crippen LogP contribution in [0.25, 0.3) is 11.0 Å². The van der Waals surface area contributed by atoms with E-state index in [2.05, 4.69) is 33.4 Å². The van der Waals surface area contributed by atoms with Gasteiger partial charge in [-0.15, -0.1) is 0 Å². The zero-order chi connectivity index (χ0) is 23.6. The average molecular weight is 513 g/mol. The van der Waals surface area contributed by atoms with E-state index in [1.807, 2.05) is 56.0 Å². The summed E-state index contributed by atoms with van der Waals surface area (Å²) in [7, 11) is 0. The molecule has 6 nitrogen and oxygen atoms in total. The number of hydrogen-bond acceptors (Lipinski definition) is 4. The molecule has 1 saturated heterocycles. The lowest BCUT2D eigenvalue weighted by atomic mass is 9.88. The molecule has 1 aromatic heterocycles. The highest BCUT2D eigenvalue weighted by molar-refractivity contribution is 9.10. The molecule has 1 aliphatic heterocycles. The van der Waals surface area contributed by atoms with Gasteiger partial charge in [-0.05, 0) is 84.8 Å². The number of furan rings is 1. The van der Waals surface area contributed by atoms with E-state index < -0.39 is 11.7 Å². The van der Waals surface area contributed by atoms with Gasteiger partial charge in [-0.1, -0.05) is 24.3 Å². The third-order valence-electron chi connectivity index (χ3n) is 5.81. The van der Waals surface area contributed by atoms with E-state index in [-0.39, 0.29) is 5.91 Å². The largest absolute Gasteiger partial charge is 0.463 e. The van der Waals surface area contributed by atoms with Crippen LogP contribution in [0, 0.1) is 0 Å². The second kappa shape index (κ2) is 9.59. The smallest absolute Gasteiger partial charge is 0.407 e. The number of alkyl carbamates (subject to hydrolysis) is 1. The Morgan fingerprint density at radius 3 is 2.64 bits per heavy atom. The van der Waals surface area contributed by atoms with Crippen molar-refractivity contribution in [3.8, 4) is 0 Å². The number of nitrogens with one attached hydrogen (secondary N) is 1. The first kappa shape index (κ1) is 23.4. The molecule has 7 heteroatoms. The van der Waals surface area contributed by atoms with Crippen molar-refractivity contribution in [1.82, 2.24) is 10.2 Å². The lowest BCUT2D eigenvalue weighted by molar-refractivity contribution is 0.0523. The number of piperidine rings is 1. The number of carbonyl (C=O) groups is 2. The number of nitrogens with zero attached hydrogens (tertiary/aromatic N) is 1. The van der Waals surface area contributed by atoms with E-state index in [0.717, 1.165) is 33.8 Å². The first-order valence-corrected chi connectivity index (χ1v) is 12.0. The molecule has 33 heavy (non-hydrogen) atoms. The molecule has 1 aliphatic rings. The summed E-state index contributed by atoms with van der Waals surface area (Å²) in [6, 6.07) is 13.9. The highest BCUT2D eigenvalue weighted by Gasteiger charge is 2.25. The summed E-state index contributed by atoms with van der Waals surface area (Å²) in [4.78, 5) is 26.9. The van der Waals surface area contributed by atoms with Crippen molar-refractivity contribution in [2.24, 2.45) is 0 Å². The molecule has 0 atom stereocenters.